The molecule has 9 heteroatoms. The van der Waals surface area contributed by atoms with Crippen molar-refractivity contribution in [3.63, 3.8) is 0 Å². The van der Waals surface area contributed by atoms with Gasteiger partial charge in [0.25, 0.3) is 5.56 Å². The largest absolute Gasteiger partial charge is 0.494 e. The Bertz CT molecular complexity index is 1190. The molecule has 1 aromatic heterocycles. The van der Waals surface area contributed by atoms with Crippen molar-refractivity contribution in [2.45, 2.75) is 13.5 Å². The number of rotatable bonds is 6. The number of amides is 1. The minimum atomic E-state index is -0.272. The van der Waals surface area contributed by atoms with Gasteiger partial charge in [0.15, 0.2) is 0 Å². The Morgan fingerprint density at radius 2 is 1.79 bits per heavy atom. The Balaban J connectivity index is 1.38. The van der Waals surface area contributed by atoms with E-state index in [0.717, 1.165) is 17.0 Å². The van der Waals surface area contributed by atoms with Gasteiger partial charge in [-0.2, -0.15) is 0 Å². The lowest BCUT2D eigenvalue weighted by Crippen LogP contribution is -2.50. The van der Waals surface area contributed by atoms with Crippen LogP contribution in [-0.4, -0.2) is 53.1 Å². The van der Waals surface area contributed by atoms with Gasteiger partial charge in [0.1, 0.15) is 12.3 Å². The van der Waals surface area contributed by atoms with E-state index in [2.05, 4.69) is 9.88 Å². The summed E-state index contributed by atoms with van der Waals surface area (Å²) >= 11 is 12.4. The van der Waals surface area contributed by atoms with E-state index in [-0.39, 0.29) is 18.0 Å². The number of carbonyl (C=O) groups is 1. The third-order valence-corrected chi connectivity index (χ3v) is 6.36. The molecule has 4 rings (SSSR count). The number of halogens is 2. The van der Waals surface area contributed by atoms with Crippen molar-refractivity contribution in [2.75, 3.05) is 37.7 Å². The van der Waals surface area contributed by atoms with E-state index >= 15 is 0 Å². The fraction of sp³-hybridized carbons (Fsp3) is 0.292. The van der Waals surface area contributed by atoms with Crippen LogP contribution in [0.15, 0.2) is 59.7 Å². The summed E-state index contributed by atoms with van der Waals surface area (Å²) in [6.07, 6.45) is 1.42. The molecule has 1 aliphatic heterocycles. The Morgan fingerprint density at radius 1 is 1.06 bits per heavy atom. The highest BCUT2D eigenvalue weighted by molar-refractivity contribution is 6.43. The molecule has 3 aromatic rings. The van der Waals surface area contributed by atoms with Crippen LogP contribution in [0.1, 0.15) is 6.92 Å². The number of ether oxygens (including phenoxy) is 1. The van der Waals surface area contributed by atoms with E-state index in [1.54, 1.807) is 11.0 Å². The van der Waals surface area contributed by atoms with E-state index in [9.17, 15) is 9.59 Å². The normalized spacial score (nSPS) is 13.8. The number of nitrogens with zero attached hydrogens (tertiary/aromatic N) is 4. The van der Waals surface area contributed by atoms with E-state index in [1.807, 2.05) is 43.3 Å². The minimum Gasteiger partial charge on any atom is -0.494 e. The van der Waals surface area contributed by atoms with Gasteiger partial charge in [-0.05, 0) is 43.3 Å². The Kier molecular flexibility index (Phi) is 7.20. The number of piperazine rings is 1. The number of hydrogen-bond donors (Lipinski definition) is 0. The molecule has 2 aromatic carbocycles. The van der Waals surface area contributed by atoms with Crippen LogP contribution in [0.5, 0.6) is 5.75 Å². The van der Waals surface area contributed by atoms with Crippen molar-refractivity contribution in [1.29, 1.82) is 0 Å². The number of carbonyl (C=O) groups excluding carboxylic acids is 1. The average molecular weight is 487 g/mol. The quantitative estimate of drug-likeness (QED) is 0.527. The first-order valence-electron chi connectivity index (χ1n) is 10.7. The maximum absolute atomic E-state index is 12.8. The molecule has 1 saturated heterocycles. The molecule has 1 aliphatic rings. The molecule has 0 spiro atoms. The Morgan fingerprint density at radius 3 is 2.45 bits per heavy atom. The second kappa shape index (κ2) is 10.3. The molecule has 0 radical (unpaired) electrons. The van der Waals surface area contributed by atoms with Crippen LogP contribution in [-0.2, 0) is 11.3 Å². The smallest absolute Gasteiger partial charge is 0.254 e. The molecule has 0 aliphatic carbocycles. The van der Waals surface area contributed by atoms with Crippen molar-refractivity contribution in [3.8, 4) is 17.0 Å². The van der Waals surface area contributed by atoms with Crippen molar-refractivity contribution in [3.05, 3.63) is 75.3 Å². The van der Waals surface area contributed by atoms with Gasteiger partial charge in [-0.25, -0.2) is 4.98 Å². The van der Waals surface area contributed by atoms with Crippen LogP contribution < -0.4 is 15.2 Å². The van der Waals surface area contributed by atoms with E-state index in [4.69, 9.17) is 27.9 Å². The van der Waals surface area contributed by atoms with Crippen molar-refractivity contribution in [1.82, 2.24) is 14.5 Å². The summed E-state index contributed by atoms with van der Waals surface area (Å²) in [5.41, 5.74) is 1.96. The summed E-state index contributed by atoms with van der Waals surface area (Å²) in [5.74, 6) is 0.641. The molecule has 0 atom stereocenters. The van der Waals surface area contributed by atoms with Crippen molar-refractivity contribution < 1.29 is 9.53 Å². The topological polar surface area (TPSA) is 67.7 Å². The predicted molar refractivity (Wildman–Crippen MR) is 130 cm³/mol. The second-order valence-corrected chi connectivity index (χ2v) is 8.42. The highest BCUT2D eigenvalue weighted by Crippen LogP contribution is 2.32. The lowest BCUT2D eigenvalue weighted by atomic mass is 10.1. The zero-order chi connectivity index (χ0) is 23.4. The number of aromatic nitrogens is 2. The van der Waals surface area contributed by atoms with Crippen LogP contribution in [0.2, 0.25) is 10.0 Å². The average Bonchev–Trinajstić information content (AvgIpc) is 2.83. The minimum absolute atomic E-state index is 0.0483. The summed E-state index contributed by atoms with van der Waals surface area (Å²) < 4.78 is 6.77. The predicted octanol–water partition coefficient (Wildman–Crippen LogP) is 3.96. The Hall–Kier alpha value is -3.03. The van der Waals surface area contributed by atoms with Crippen LogP contribution in [0.4, 0.5) is 5.69 Å². The zero-order valence-corrected chi connectivity index (χ0v) is 19.7. The molecule has 0 N–H and O–H groups in total. The van der Waals surface area contributed by atoms with E-state index < -0.39 is 0 Å². The van der Waals surface area contributed by atoms with Gasteiger partial charge in [-0.3, -0.25) is 14.2 Å². The first-order valence-corrected chi connectivity index (χ1v) is 11.5. The van der Waals surface area contributed by atoms with Crippen LogP contribution in [0.3, 0.4) is 0 Å². The zero-order valence-electron chi connectivity index (χ0n) is 18.2. The number of benzene rings is 2. The molecule has 0 bridgehead atoms. The molecule has 0 saturated carbocycles. The summed E-state index contributed by atoms with van der Waals surface area (Å²) in [6.45, 7) is 4.80. The van der Waals surface area contributed by atoms with Crippen molar-refractivity contribution in [2.24, 2.45) is 0 Å². The fourth-order valence-electron chi connectivity index (χ4n) is 3.77. The Labute approximate surface area is 202 Å². The standard InChI is InChI=1S/C24H24Cl2N4O3/c1-2-33-18-8-6-17(7-9-18)20-14-22(31)30(16-27-20)15-23(32)29-12-10-28(11-13-29)21-5-3-4-19(25)24(21)26/h3-9,14,16H,2,10-13,15H2,1H3. The lowest BCUT2D eigenvalue weighted by molar-refractivity contribution is -0.132. The molecular weight excluding hydrogens is 463 g/mol. The lowest BCUT2D eigenvalue weighted by Gasteiger charge is -2.36. The molecular formula is C24H24Cl2N4O3. The van der Waals surface area contributed by atoms with Gasteiger partial charge in [0.2, 0.25) is 5.91 Å². The molecule has 1 fully saturated rings. The monoisotopic (exact) mass is 486 g/mol. The van der Waals surface area contributed by atoms with Gasteiger partial charge in [0.05, 0.1) is 34.4 Å². The van der Waals surface area contributed by atoms with E-state index in [1.165, 1.54) is 17.0 Å². The van der Waals surface area contributed by atoms with Crippen LogP contribution >= 0.6 is 23.2 Å². The fourth-order valence-corrected chi connectivity index (χ4v) is 4.19. The van der Waals surface area contributed by atoms with Gasteiger partial charge in [-0.15, -0.1) is 0 Å². The molecule has 2 heterocycles. The number of hydrogen-bond acceptors (Lipinski definition) is 5. The van der Waals surface area contributed by atoms with Crippen LogP contribution in [0.25, 0.3) is 11.3 Å². The molecule has 1 amide bonds. The highest BCUT2D eigenvalue weighted by Gasteiger charge is 2.23. The molecule has 172 valence electrons. The maximum Gasteiger partial charge on any atom is 0.254 e. The maximum atomic E-state index is 12.8. The summed E-state index contributed by atoms with van der Waals surface area (Å²) in [5, 5.41) is 1.03. The summed E-state index contributed by atoms with van der Waals surface area (Å²) in [6, 6.07) is 14.4. The van der Waals surface area contributed by atoms with Gasteiger partial charge < -0.3 is 14.5 Å². The SMILES string of the molecule is CCOc1ccc(-c2cc(=O)n(CC(=O)N3CCN(c4cccc(Cl)c4Cl)CC3)cn2)cc1. The van der Waals surface area contributed by atoms with Crippen LogP contribution in [0, 0.1) is 0 Å². The highest BCUT2D eigenvalue weighted by atomic mass is 35.5. The number of anilines is 1. The molecule has 0 unspecified atom stereocenters. The first kappa shape index (κ1) is 23.1. The third kappa shape index (κ3) is 5.31. The third-order valence-electron chi connectivity index (χ3n) is 5.55. The molecule has 33 heavy (non-hydrogen) atoms. The van der Waals surface area contributed by atoms with Gasteiger partial charge in [0, 0.05) is 37.8 Å². The summed E-state index contributed by atoms with van der Waals surface area (Å²) in [7, 11) is 0. The second-order valence-electron chi connectivity index (χ2n) is 7.64. The summed E-state index contributed by atoms with van der Waals surface area (Å²) in [4.78, 5) is 33.6. The van der Waals surface area contributed by atoms with Crippen molar-refractivity contribution >= 4 is 34.8 Å². The van der Waals surface area contributed by atoms with E-state index in [0.29, 0.717) is 48.5 Å². The van der Waals surface area contributed by atoms with Gasteiger partial charge in [-0.1, -0.05) is 29.3 Å². The molecule has 7 nitrogen and oxygen atoms in total. The van der Waals surface area contributed by atoms with Gasteiger partial charge >= 0.3 is 0 Å². The first-order chi connectivity index (χ1) is 16.0.